The van der Waals surface area contributed by atoms with Crippen LogP contribution in [0.15, 0.2) is 6.07 Å². The molecule has 1 saturated heterocycles. The molecule has 0 aliphatic carbocycles. The maximum absolute atomic E-state index is 4.58. The highest BCUT2D eigenvalue weighted by molar-refractivity contribution is 5.47. The third kappa shape index (κ3) is 4.84. The summed E-state index contributed by atoms with van der Waals surface area (Å²) in [5.41, 5.74) is 0. The molecule has 5 nitrogen and oxygen atoms in total. The summed E-state index contributed by atoms with van der Waals surface area (Å²) in [6.45, 7) is 12.0. The highest BCUT2D eigenvalue weighted by atomic mass is 15.1. The van der Waals surface area contributed by atoms with Gasteiger partial charge in [0.05, 0.1) is 0 Å². The summed E-state index contributed by atoms with van der Waals surface area (Å²) in [6, 6.07) is 2.03. The summed E-state index contributed by atoms with van der Waals surface area (Å²) in [5.74, 6) is 3.53. The number of hydrogen-bond donors (Lipinski definition) is 2. The van der Waals surface area contributed by atoms with E-state index in [4.69, 9.17) is 0 Å². The average Bonchev–Trinajstić information content (AvgIpc) is 2.98. The van der Waals surface area contributed by atoms with Gasteiger partial charge in [0.25, 0.3) is 0 Å². The summed E-state index contributed by atoms with van der Waals surface area (Å²) >= 11 is 0. The van der Waals surface area contributed by atoms with Gasteiger partial charge in [-0.15, -0.1) is 0 Å². The quantitative estimate of drug-likeness (QED) is 0.771. The van der Waals surface area contributed by atoms with E-state index in [1.807, 2.05) is 6.07 Å². The van der Waals surface area contributed by atoms with Crippen molar-refractivity contribution in [2.24, 2.45) is 5.92 Å². The molecule has 1 aromatic rings. The molecule has 0 amide bonds. The minimum atomic E-state index is 0.733. The molecule has 21 heavy (non-hydrogen) atoms. The summed E-state index contributed by atoms with van der Waals surface area (Å²) in [5, 5.41) is 6.86. The monoisotopic (exact) mass is 291 g/mol. The van der Waals surface area contributed by atoms with Crippen molar-refractivity contribution < 1.29 is 0 Å². The van der Waals surface area contributed by atoms with Crippen LogP contribution in [0.5, 0.6) is 0 Å². The normalized spacial score (nSPS) is 18.9. The van der Waals surface area contributed by atoms with E-state index < -0.39 is 0 Å². The molecule has 1 unspecified atom stereocenters. The van der Waals surface area contributed by atoms with Gasteiger partial charge in [-0.3, -0.25) is 0 Å². The van der Waals surface area contributed by atoms with Gasteiger partial charge in [-0.25, -0.2) is 9.97 Å². The smallest absolute Gasteiger partial charge is 0.132 e. The second-order valence-electron chi connectivity index (χ2n) is 5.76. The Labute approximate surface area is 128 Å². The zero-order valence-corrected chi connectivity index (χ0v) is 13.7. The maximum Gasteiger partial charge on any atom is 0.132 e. The first-order chi connectivity index (χ1) is 10.2. The van der Waals surface area contributed by atoms with Crippen LogP contribution in [-0.2, 0) is 6.42 Å². The van der Waals surface area contributed by atoms with E-state index in [1.165, 1.54) is 19.5 Å². The van der Waals surface area contributed by atoms with Crippen LogP contribution < -0.4 is 10.6 Å². The number of nitrogens with zero attached hydrogens (tertiary/aromatic N) is 3. The third-order valence-electron chi connectivity index (χ3n) is 4.03. The van der Waals surface area contributed by atoms with E-state index in [1.54, 1.807) is 0 Å². The summed E-state index contributed by atoms with van der Waals surface area (Å²) < 4.78 is 0. The zero-order chi connectivity index (χ0) is 15.1. The van der Waals surface area contributed by atoms with Crippen molar-refractivity contribution in [3.63, 3.8) is 0 Å². The van der Waals surface area contributed by atoms with Crippen LogP contribution in [0.2, 0.25) is 0 Å². The fourth-order valence-electron chi connectivity index (χ4n) is 2.71. The van der Waals surface area contributed by atoms with Gasteiger partial charge in [0.1, 0.15) is 17.5 Å². The lowest BCUT2D eigenvalue weighted by molar-refractivity contribution is 0.345. The molecule has 0 radical (unpaired) electrons. The first kappa shape index (κ1) is 16.0. The molecule has 1 atom stereocenters. The third-order valence-corrected chi connectivity index (χ3v) is 4.03. The predicted molar refractivity (Wildman–Crippen MR) is 88.9 cm³/mol. The number of nitrogens with one attached hydrogen (secondary N) is 2. The van der Waals surface area contributed by atoms with Crippen molar-refractivity contribution in [3.8, 4) is 0 Å². The van der Waals surface area contributed by atoms with Gasteiger partial charge in [-0.1, -0.05) is 20.8 Å². The molecule has 0 aromatic carbocycles. The molecule has 2 rings (SSSR count). The molecule has 1 aliphatic heterocycles. The summed E-state index contributed by atoms with van der Waals surface area (Å²) in [6.07, 6.45) is 3.25. The highest BCUT2D eigenvalue weighted by Crippen LogP contribution is 2.17. The number of aryl methyl sites for hydroxylation is 1. The largest absolute Gasteiger partial charge is 0.370 e. The van der Waals surface area contributed by atoms with E-state index in [9.17, 15) is 0 Å². The van der Waals surface area contributed by atoms with Crippen LogP contribution in [0.4, 0.5) is 11.6 Å². The summed E-state index contributed by atoms with van der Waals surface area (Å²) in [4.78, 5) is 11.6. The fraction of sp³-hybridized carbons (Fsp3) is 0.750. The minimum absolute atomic E-state index is 0.733. The van der Waals surface area contributed by atoms with Crippen LogP contribution in [0.1, 0.15) is 39.4 Å². The topological polar surface area (TPSA) is 53.1 Å². The molecule has 0 spiro atoms. The number of rotatable bonds is 8. The number of likely N-dealkylation sites (tertiary alicyclic amines) is 1. The minimum Gasteiger partial charge on any atom is -0.370 e. The van der Waals surface area contributed by atoms with Crippen LogP contribution in [0, 0.1) is 5.92 Å². The number of aromatic nitrogens is 2. The molecule has 1 aromatic heterocycles. The molecule has 5 heteroatoms. The van der Waals surface area contributed by atoms with E-state index in [0.29, 0.717) is 0 Å². The first-order valence-electron chi connectivity index (χ1n) is 8.33. The Bertz CT molecular complexity index is 435. The Morgan fingerprint density at radius 2 is 1.95 bits per heavy atom. The highest BCUT2D eigenvalue weighted by Gasteiger charge is 2.20. The van der Waals surface area contributed by atoms with E-state index in [2.05, 4.69) is 46.3 Å². The summed E-state index contributed by atoms with van der Waals surface area (Å²) in [7, 11) is 0. The van der Waals surface area contributed by atoms with E-state index in [-0.39, 0.29) is 0 Å². The van der Waals surface area contributed by atoms with Crippen LogP contribution in [0.25, 0.3) is 0 Å². The van der Waals surface area contributed by atoms with Gasteiger partial charge in [0.2, 0.25) is 0 Å². The van der Waals surface area contributed by atoms with Crippen molar-refractivity contribution in [1.29, 1.82) is 0 Å². The molecule has 0 saturated carbocycles. The van der Waals surface area contributed by atoms with Crippen LogP contribution >= 0.6 is 0 Å². The number of hydrogen-bond acceptors (Lipinski definition) is 5. The van der Waals surface area contributed by atoms with Gasteiger partial charge >= 0.3 is 0 Å². The van der Waals surface area contributed by atoms with Crippen LogP contribution in [-0.4, -0.2) is 47.6 Å². The average molecular weight is 291 g/mol. The second-order valence-corrected chi connectivity index (χ2v) is 5.76. The lowest BCUT2D eigenvalue weighted by Gasteiger charge is -2.15. The van der Waals surface area contributed by atoms with Gasteiger partial charge in [-0.2, -0.15) is 0 Å². The van der Waals surface area contributed by atoms with E-state index in [0.717, 1.165) is 55.9 Å². The lowest BCUT2D eigenvalue weighted by Crippen LogP contribution is -2.22. The molecule has 118 valence electrons. The van der Waals surface area contributed by atoms with Gasteiger partial charge in [0.15, 0.2) is 0 Å². The van der Waals surface area contributed by atoms with Crippen molar-refractivity contribution in [3.05, 3.63) is 11.9 Å². The standard InChI is InChI=1S/C16H29N5/c1-4-8-17-15-10-16(20-14(5-2)19-15)18-11-13-7-9-21(6-3)12-13/h10,13H,4-9,11-12H2,1-3H3,(H2,17,18,19,20). The fourth-order valence-corrected chi connectivity index (χ4v) is 2.71. The molecular formula is C16H29N5. The van der Waals surface area contributed by atoms with Gasteiger partial charge in [0, 0.05) is 32.1 Å². The second kappa shape index (κ2) is 8.17. The number of anilines is 2. The molecular weight excluding hydrogens is 262 g/mol. The van der Waals surface area contributed by atoms with Crippen molar-refractivity contribution in [2.45, 2.75) is 40.0 Å². The Morgan fingerprint density at radius 3 is 2.57 bits per heavy atom. The molecule has 0 bridgehead atoms. The molecule has 1 aliphatic rings. The molecule has 2 N–H and O–H groups in total. The molecule has 1 fully saturated rings. The zero-order valence-electron chi connectivity index (χ0n) is 13.7. The lowest BCUT2D eigenvalue weighted by atomic mass is 10.1. The van der Waals surface area contributed by atoms with Crippen molar-refractivity contribution in [2.75, 3.05) is 43.4 Å². The van der Waals surface area contributed by atoms with Gasteiger partial charge in [-0.05, 0) is 31.8 Å². The Hall–Kier alpha value is -1.36. The van der Waals surface area contributed by atoms with Gasteiger partial charge < -0.3 is 15.5 Å². The van der Waals surface area contributed by atoms with Crippen molar-refractivity contribution in [1.82, 2.24) is 14.9 Å². The van der Waals surface area contributed by atoms with Crippen LogP contribution in [0.3, 0.4) is 0 Å². The van der Waals surface area contributed by atoms with E-state index >= 15 is 0 Å². The SMILES string of the molecule is CCCNc1cc(NCC2CCN(CC)C2)nc(CC)n1. The Kier molecular flexibility index (Phi) is 6.23. The Morgan fingerprint density at radius 1 is 1.19 bits per heavy atom. The maximum atomic E-state index is 4.58. The van der Waals surface area contributed by atoms with Crippen molar-refractivity contribution >= 4 is 11.6 Å². The first-order valence-corrected chi connectivity index (χ1v) is 8.33. The molecule has 2 heterocycles. The predicted octanol–water partition coefficient (Wildman–Crippen LogP) is 2.61. The Balaban J connectivity index is 1.92.